The van der Waals surface area contributed by atoms with Crippen molar-refractivity contribution in [2.24, 2.45) is 0 Å². The summed E-state index contributed by atoms with van der Waals surface area (Å²) in [6.45, 7) is 3.44. The molecule has 0 unspecified atom stereocenters. The highest BCUT2D eigenvalue weighted by Crippen LogP contribution is 2.24. The highest BCUT2D eigenvalue weighted by Gasteiger charge is 2.20. The van der Waals surface area contributed by atoms with Gasteiger partial charge in [0.1, 0.15) is 5.01 Å². The predicted molar refractivity (Wildman–Crippen MR) is 109 cm³/mol. The number of carbonyl (C=O) groups is 2. The van der Waals surface area contributed by atoms with Gasteiger partial charge in [-0.25, -0.2) is 0 Å². The Bertz CT molecular complexity index is 1100. The zero-order valence-electron chi connectivity index (χ0n) is 15.6. The lowest BCUT2D eigenvalue weighted by Gasteiger charge is -2.11. The number of amides is 2. The van der Waals surface area contributed by atoms with Crippen LogP contribution in [0.3, 0.4) is 0 Å². The average molecular weight is 411 g/mol. The number of hydrogen-bond donors (Lipinski definition) is 2. The maximum Gasteiger partial charge on any atom is 0.273 e. The number of carbonyl (C=O) groups excluding carboxylic acids is 2. The number of nitro benzene ring substituents is 1. The van der Waals surface area contributed by atoms with E-state index in [1.54, 1.807) is 24.3 Å². The smallest absolute Gasteiger partial charge is 0.273 e. The summed E-state index contributed by atoms with van der Waals surface area (Å²) in [5, 5.41) is 25.5. The molecule has 0 aliphatic rings. The van der Waals surface area contributed by atoms with Crippen molar-refractivity contribution in [1.29, 1.82) is 0 Å². The number of rotatable bonds is 6. The number of hydrogen-bond acceptors (Lipinski definition) is 7. The summed E-state index contributed by atoms with van der Waals surface area (Å²) >= 11 is 1.27. The fourth-order valence-corrected chi connectivity index (χ4v) is 3.33. The van der Waals surface area contributed by atoms with Crippen molar-refractivity contribution in [2.45, 2.75) is 20.3 Å². The minimum atomic E-state index is -0.546. The first kappa shape index (κ1) is 20.1. The van der Waals surface area contributed by atoms with E-state index in [1.165, 1.54) is 36.5 Å². The van der Waals surface area contributed by atoms with Crippen LogP contribution in [0.2, 0.25) is 0 Å². The fraction of sp³-hybridized carbons (Fsp3) is 0.158. The summed E-state index contributed by atoms with van der Waals surface area (Å²) in [4.78, 5) is 35.9. The minimum Gasteiger partial charge on any atom is -0.321 e. The van der Waals surface area contributed by atoms with Crippen LogP contribution in [0.4, 0.5) is 16.5 Å². The van der Waals surface area contributed by atoms with Gasteiger partial charge in [0.2, 0.25) is 5.13 Å². The minimum absolute atomic E-state index is 0.147. The zero-order chi connectivity index (χ0) is 21.0. The molecule has 0 radical (unpaired) electrons. The third-order valence-electron chi connectivity index (χ3n) is 4.16. The Hall–Kier alpha value is -3.66. The van der Waals surface area contributed by atoms with Crippen molar-refractivity contribution < 1.29 is 14.5 Å². The average Bonchev–Trinajstić information content (AvgIpc) is 3.15. The molecule has 2 amide bonds. The number of benzene rings is 2. The molecule has 2 aromatic carbocycles. The number of nitro groups is 1. The monoisotopic (exact) mass is 411 g/mol. The van der Waals surface area contributed by atoms with Gasteiger partial charge in [-0.3, -0.25) is 25.0 Å². The van der Waals surface area contributed by atoms with Crippen molar-refractivity contribution in [1.82, 2.24) is 10.2 Å². The predicted octanol–water partition coefficient (Wildman–Crippen LogP) is 3.82. The van der Waals surface area contributed by atoms with E-state index >= 15 is 0 Å². The Kier molecular flexibility index (Phi) is 5.93. The van der Waals surface area contributed by atoms with Crippen LogP contribution in [0.15, 0.2) is 42.5 Å². The molecule has 0 saturated heterocycles. The van der Waals surface area contributed by atoms with Gasteiger partial charge in [-0.1, -0.05) is 36.5 Å². The van der Waals surface area contributed by atoms with Crippen LogP contribution in [0.5, 0.6) is 0 Å². The van der Waals surface area contributed by atoms with Gasteiger partial charge in [0.25, 0.3) is 17.5 Å². The van der Waals surface area contributed by atoms with Crippen LogP contribution in [0.1, 0.15) is 38.2 Å². The van der Waals surface area contributed by atoms with E-state index in [1.807, 2.05) is 6.92 Å². The van der Waals surface area contributed by atoms with Gasteiger partial charge >= 0.3 is 0 Å². The summed E-state index contributed by atoms with van der Waals surface area (Å²) in [6, 6.07) is 10.8. The molecule has 0 fully saturated rings. The van der Waals surface area contributed by atoms with Crippen LogP contribution in [0, 0.1) is 17.0 Å². The highest BCUT2D eigenvalue weighted by molar-refractivity contribution is 7.15. The first-order chi connectivity index (χ1) is 13.9. The van der Waals surface area contributed by atoms with Gasteiger partial charge in [0.05, 0.1) is 16.2 Å². The zero-order valence-corrected chi connectivity index (χ0v) is 16.4. The maximum absolute atomic E-state index is 12.7. The molecule has 148 valence electrons. The molecule has 1 aromatic heterocycles. The van der Waals surface area contributed by atoms with Crippen LogP contribution in [-0.2, 0) is 6.42 Å². The second kappa shape index (κ2) is 8.57. The molecule has 0 aliphatic heterocycles. The Morgan fingerprint density at radius 3 is 2.41 bits per heavy atom. The van der Waals surface area contributed by atoms with Crippen molar-refractivity contribution in [3.8, 4) is 0 Å². The standard InChI is InChI=1S/C19H17N5O4S/c1-3-16-22-23-19(29-16)21-18(26)13-7-4-5-9-14(13)20-17(25)12-8-6-10-15(11(12)2)24(27)28/h4-10H,3H2,1-2H3,(H,20,25)(H,21,23,26). The van der Waals surface area contributed by atoms with Gasteiger partial charge in [-0.15, -0.1) is 10.2 Å². The van der Waals surface area contributed by atoms with Crippen molar-refractivity contribution in [3.05, 3.63) is 74.3 Å². The molecule has 3 aromatic rings. The number of nitrogens with zero attached hydrogens (tertiary/aromatic N) is 3. The van der Waals surface area contributed by atoms with Crippen LogP contribution >= 0.6 is 11.3 Å². The van der Waals surface area contributed by atoms with Gasteiger partial charge in [-0.05, 0) is 31.5 Å². The Balaban J connectivity index is 1.84. The molecular weight excluding hydrogens is 394 g/mol. The van der Waals surface area contributed by atoms with Crippen LogP contribution in [0.25, 0.3) is 0 Å². The van der Waals surface area contributed by atoms with E-state index in [4.69, 9.17) is 0 Å². The lowest BCUT2D eigenvalue weighted by atomic mass is 10.1. The van der Waals surface area contributed by atoms with Gasteiger partial charge in [-0.2, -0.15) is 0 Å². The van der Waals surface area contributed by atoms with Crippen molar-refractivity contribution in [3.63, 3.8) is 0 Å². The number of para-hydroxylation sites is 1. The SMILES string of the molecule is CCc1nnc(NC(=O)c2ccccc2NC(=O)c2cccc([N+](=O)[O-])c2C)s1. The molecule has 2 N–H and O–H groups in total. The summed E-state index contributed by atoms with van der Waals surface area (Å²) in [5.41, 5.74) is 0.772. The number of anilines is 2. The highest BCUT2D eigenvalue weighted by atomic mass is 32.1. The van der Waals surface area contributed by atoms with E-state index in [-0.39, 0.29) is 28.1 Å². The second-order valence-electron chi connectivity index (χ2n) is 6.02. The van der Waals surface area contributed by atoms with E-state index in [2.05, 4.69) is 20.8 Å². The van der Waals surface area contributed by atoms with Gasteiger partial charge in [0.15, 0.2) is 0 Å². The first-order valence-electron chi connectivity index (χ1n) is 8.68. The summed E-state index contributed by atoms with van der Waals surface area (Å²) < 4.78 is 0. The summed E-state index contributed by atoms with van der Waals surface area (Å²) in [6.07, 6.45) is 0.711. The molecule has 0 saturated carbocycles. The molecule has 3 rings (SSSR count). The number of aryl methyl sites for hydroxylation is 1. The van der Waals surface area contributed by atoms with E-state index < -0.39 is 16.7 Å². The fourth-order valence-electron chi connectivity index (χ4n) is 2.66. The Morgan fingerprint density at radius 2 is 1.72 bits per heavy atom. The quantitative estimate of drug-likeness (QED) is 0.469. The molecule has 9 nitrogen and oxygen atoms in total. The molecule has 0 aliphatic carbocycles. The molecule has 0 atom stereocenters. The summed E-state index contributed by atoms with van der Waals surface area (Å²) in [5.74, 6) is -0.994. The Labute approximate surface area is 169 Å². The number of nitrogens with one attached hydrogen (secondary N) is 2. The topological polar surface area (TPSA) is 127 Å². The van der Waals surface area contributed by atoms with Crippen molar-refractivity contribution in [2.75, 3.05) is 10.6 Å². The first-order valence-corrected chi connectivity index (χ1v) is 9.50. The second-order valence-corrected chi connectivity index (χ2v) is 7.08. The van der Waals surface area contributed by atoms with E-state index in [0.717, 1.165) is 5.01 Å². The third-order valence-corrected chi connectivity index (χ3v) is 5.14. The maximum atomic E-state index is 12.7. The van der Waals surface area contributed by atoms with E-state index in [9.17, 15) is 19.7 Å². The normalized spacial score (nSPS) is 10.4. The van der Waals surface area contributed by atoms with Crippen LogP contribution < -0.4 is 10.6 Å². The third kappa shape index (κ3) is 4.43. The molecule has 10 heteroatoms. The lowest BCUT2D eigenvalue weighted by Crippen LogP contribution is -2.19. The van der Waals surface area contributed by atoms with E-state index in [0.29, 0.717) is 11.6 Å². The van der Waals surface area contributed by atoms with Gasteiger partial charge < -0.3 is 5.32 Å². The van der Waals surface area contributed by atoms with Crippen molar-refractivity contribution >= 4 is 39.7 Å². The molecule has 1 heterocycles. The Morgan fingerprint density at radius 1 is 1.03 bits per heavy atom. The molecule has 29 heavy (non-hydrogen) atoms. The van der Waals surface area contributed by atoms with Gasteiger partial charge in [0, 0.05) is 17.2 Å². The molecular formula is C19H17N5O4S. The molecule has 0 spiro atoms. The lowest BCUT2D eigenvalue weighted by molar-refractivity contribution is -0.385. The summed E-state index contributed by atoms with van der Waals surface area (Å²) in [7, 11) is 0. The molecule has 0 bridgehead atoms. The number of aromatic nitrogens is 2. The van der Waals surface area contributed by atoms with Crippen LogP contribution in [-0.4, -0.2) is 26.9 Å². The largest absolute Gasteiger partial charge is 0.321 e.